The summed E-state index contributed by atoms with van der Waals surface area (Å²) < 4.78 is 12.4. The van der Waals surface area contributed by atoms with Crippen molar-refractivity contribution >= 4 is 0 Å². The zero-order chi connectivity index (χ0) is 11.7. The van der Waals surface area contributed by atoms with Gasteiger partial charge in [-0.1, -0.05) is 5.16 Å². The summed E-state index contributed by atoms with van der Waals surface area (Å²) in [6.07, 6.45) is 3.39. The van der Waals surface area contributed by atoms with E-state index in [4.69, 9.17) is 9.26 Å². The molecule has 1 aliphatic rings. The Morgan fingerprint density at radius 1 is 1.53 bits per heavy atom. The minimum absolute atomic E-state index is 0.151. The summed E-state index contributed by atoms with van der Waals surface area (Å²) in [4.78, 5) is 4.32. The molecule has 0 spiro atoms. The first kappa shape index (κ1) is 10.4. The predicted octanol–water partition coefficient (Wildman–Crippen LogP) is 0.131. The van der Waals surface area contributed by atoms with Crippen molar-refractivity contribution < 1.29 is 9.26 Å². The Balaban J connectivity index is 1.82. The molecule has 7 heteroatoms. The van der Waals surface area contributed by atoms with E-state index in [9.17, 15) is 0 Å². The first-order valence-corrected chi connectivity index (χ1v) is 5.48. The first-order valence-electron chi connectivity index (χ1n) is 5.48. The second-order valence-corrected chi connectivity index (χ2v) is 3.92. The number of aromatic nitrogens is 4. The summed E-state index contributed by atoms with van der Waals surface area (Å²) in [7, 11) is 1.85. The molecular formula is C10H13N5O2. The molecule has 0 amide bonds. The maximum atomic E-state index is 5.54. The van der Waals surface area contributed by atoms with Crippen LogP contribution in [0, 0.1) is 0 Å². The van der Waals surface area contributed by atoms with E-state index in [1.807, 2.05) is 13.2 Å². The SMILES string of the molecule is Cn1cc(-c2noc(C3CNCCO3)n2)cn1. The van der Waals surface area contributed by atoms with Gasteiger partial charge in [0, 0.05) is 26.3 Å². The summed E-state index contributed by atoms with van der Waals surface area (Å²) in [5.74, 6) is 1.05. The zero-order valence-corrected chi connectivity index (χ0v) is 9.46. The van der Waals surface area contributed by atoms with Crippen molar-refractivity contribution in [1.82, 2.24) is 25.2 Å². The molecule has 1 aliphatic heterocycles. The fourth-order valence-electron chi connectivity index (χ4n) is 1.74. The molecule has 1 N–H and O–H groups in total. The Hall–Kier alpha value is -1.73. The molecule has 1 saturated heterocycles. The Morgan fingerprint density at radius 2 is 2.47 bits per heavy atom. The van der Waals surface area contributed by atoms with E-state index in [0.29, 0.717) is 24.9 Å². The minimum Gasteiger partial charge on any atom is -0.366 e. The van der Waals surface area contributed by atoms with Gasteiger partial charge in [-0.3, -0.25) is 4.68 Å². The van der Waals surface area contributed by atoms with Gasteiger partial charge in [0.2, 0.25) is 5.82 Å². The van der Waals surface area contributed by atoms with Gasteiger partial charge in [0.25, 0.3) is 5.89 Å². The molecule has 0 aromatic carbocycles. The van der Waals surface area contributed by atoms with E-state index in [-0.39, 0.29) is 6.10 Å². The lowest BCUT2D eigenvalue weighted by Crippen LogP contribution is -2.33. The third kappa shape index (κ3) is 2.06. The van der Waals surface area contributed by atoms with Gasteiger partial charge in [0.05, 0.1) is 18.4 Å². The average molecular weight is 235 g/mol. The van der Waals surface area contributed by atoms with Gasteiger partial charge >= 0.3 is 0 Å². The monoisotopic (exact) mass is 235 g/mol. The van der Waals surface area contributed by atoms with Gasteiger partial charge in [0.1, 0.15) is 6.10 Å². The van der Waals surface area contributed by atoms with Crippen molar-refractivity contribution in [2.75, 3.05) is 19.7 Å². The summed E-state index contributed by atoms with van der Waals surface area (Å²) in [5, 5.41) is 11.2. The number of aryl methyl sites for hydroxylation is 1. The van der Waals surface area contributed by atoms with Crippen LogP contribution in [0.1, 0.15) is 12.0 Å². The molecule has 90 valence electrons. The molecule has 3 rings (SSSR count). The summed E-state index contributed by atoms with van der Waals surface area (Å²) >= 11 is 0. The van der Waals surface area contributed by atoms with Crippen LogP contribution in [0.3, 0.4) is 0 Å². The fourth-order valence-corrected chi connectivity index (χ4v) is 1.74. The Kier molecular flexibility index (Phi) is 2.62. The van der Waals surface area contributed by atoms with Crippen molar-refractivity contribution in [3.63, 3.8) is 0 Å². The quantitative estimate of drug-likeness (QED) is 0.797. The topological polar surface area (TPSA) is 78.0 Å². The molecule has 7 nitrogen and oxygen atoms in total. The van der Waals surface area contributed by atoms with E-state index >= 15 is 0 Å². The highest BCUT2D eigenvalue weighted by molar-refractivity contribution is 5.51. The van der Waals surface area contributed by atoms with Crippen molar-refractivity contribution in [3.8, 4) is 11.4 Å². The van der Waals surface area contributed by atoms with Crippen LogP contribution in [0.25, 0.3) is 11.4 Å². The number of morpholine rings is 1. The van der Waals surface area contributed by atoms with Crippen LogP contribution in [0.4, 0.5) is 0 Å². The molecular weight excluding hydrogens is 222 g/mol. The molecule has 2 aromatic heterocycles. The predicted molar refractivity (Wildman–Crippen MR) is 58.1 cm³/mol. The highest BCUT2D eigenvalue weighted by atomic mass is 16.5. The molecule has 1 unspecified atom stereocenters. The zero-order valence-electron chi connectivity index (χ0n) is 9.46. The summed E-state index contributed by atoms with van der Waals surface area (Å²) in [6.45, 7) is 2.23. The minimum atomic E-state index is -0.151. The van der Waals surface area contributed by atoms with Crippen molar-refractivity contribution in [2.24, 2.45) is 7.05 Å². The fraction of sp³-hybridized carbons (Fsp3) is 0.500. The molecule has 0 aliphatic carbocycles. The van der Waals surface area contributed by atoms with Crippen molar-refractivity contribution in [1.29, 1.82) is 0 Å². The van der Waals surface area contributed by atoms with Crippen LogP contribution in [0.2, 0.25) is 0 Å². The number of hydrogen-bond donors (Lipinski definition) is 1. The second kappa shape index (κ2) is 4.27. The molecule has 0 saturated carbocycles. The number of nitrogens with one attached hydrogen (secondary N) is 1. The number of ether oxygens (including phenoxy) is 1. The van der Waals surface area contributed by atoms with Crippen LogP contribution < -0.4 is 5.32 Å². The Labute approximate surface area is 97.8 Å². The van der Waals surface area contributed by atoms with Crippen molar-refractivity contribution in [3.05, 3.63) is 18.3 Å². The van der Waals surface area contributed by atoms with E-state index in [1.165, 1.54) is 0 Å². The largest absolute Gasteiger partial charge is 0.366 e. The highest BCUT2D eigenvalue weighted by Crippen LogP contribution is 2.20. The lowest BCUT2D eigenvalue weighted by molar-refractivity contribution is 0.00755. The molecule has 1 atom stereocenters. The molecule has 2 aromatic rings. The smallest absolute Gasteiger partial charge is 0.257 e. The molecule has 0 bridgehead atoms. The highest BCUT2D eigenvalue weighted by Gasteiger charge is 2.22. The van der Waals surface area contributed by atoms with E-state index < -0.39 is 0 Å². The lowest BCUT2D eigenvalue weighted by atomic mass is 10.3. The molecule has 3 heterocycles. The second-order valence-electron chi connectivity index (χ2n) is 3.92. The van der Waals surface area contributed by atoms with Gasteiger partial charge in [-0.15, -0.1) is 0 Å². The van der Waals surface area contributed by atoms with E-state index in [0.717, 1.165) is 12.1 Å². The van der Waals surface area contributed by atoms with Crippen molar-refractivity contribution in [2.45, 2.75) is 6.10 Å². The molecule has 1 fully saturated rings. The van der Waals surface area contributed by atoms with Gasteiger partial charge in [-0.2, -0.15) is 10.1 Å². The summed E-state index contributed by atoms with van der Waals surface area (Å²) in [5.41, 5.74) is 0.839. The maximum Gasteiger partial charge on any atom is 0.257 e. The van der Waals surface area contributed by atoms with E-state index in [1.54, 1.807) is 10.9 Å². The van der Waals surface area contributed by atoms with Crippen LogP contribution in [0.15, 0.2) is 16.9 Å². The lowest BCUT2D eigenvalue weighted by Gasteiger charge is -2.19. The standard InChI is InChI=1S/C10H13N5O2/c1-15-6-7(4-12-15)9-13-10(17-14-9)8-5-11-2-3-16-8/h4,6,8,11H,2-3,5H2,1H3. The Bertz CT molecular complexity index is 500. The molecule has 17 heavy (non-hydrogen) atoms. The Morgan fingerprint density at radius 3 is 3.18 bits per heavy atom. The number of nitrogens with zero attached hydrogens (tertiary/aromatic N) is 4. The van der Waals surface area contributed by atoms with Crippen LogP contribution in [-0.4, -0.2) is 39.6 Å². The van der Waals surface area contributed by atoms with Gasteiger partial charge in [-0.25, -0.2) is 0 Å². The van der Waals surface area contributed by atoms with Crippen LogP contribution >= 0.6 is 0 Å². The summed E-state index contributed by atoms with van der Waals surface area (Å²) in [6, 6.07) is 0. The van der Waals surface area contributed by atoms with Gasteiger partial charge in [0.15, 0.2) is 0 Å². The third-order valence-corrected chi connectivity index (χ3v) is 2.61. The number of hydrogen-bond acceptors (Lipinski definition) is 6. The van der Waals surface area contributed by atoms with Crippen LogP contribution in [-0.2, 0) is 11.8 Å². The normalized spacial score (nSPS) is 20.6. The number of rotatable bonds is 2. The first-order chi connectivity index (χ1) is 8.33. The maximum absolute atomic E-state index is 5.54. The average Bonchev–Trinajstić information content (AvgIpc) is 2.98. The van der Waals surface area contributed by atoms with Crippen LogP contribution in [0.5, 0.6) is 0 Å². The van der Waals surface area contributed by atoms with Gasteiger partial charge in [-0.05, 0) is 0 Å². The van der Waals surface area contributed by atoms with E-state index in [2.05, 4.69) is 20.6 Å². The molecule has 0 radical (unpaired) electrons. The van der Waals surface area contributed by atoms with Gasteiger partial charge < -0.3 is 14.6 Å². The third-order valence-electron chi connectivity index (χ3n) is 2.61.